The zero-order chi connectivity index (χ0) is 12.1. The molecule has 0 saturated carbocycles. The van der Waals surface area contributed by atoms with Crippen molar-refractivity contribution in [1.29, 1.82) is 5.53 Å². The summed E-state index contributed by atoms with van der Waals surface area (Å²) in [5.74, 6) is 0. The van der Waals surface area contributed by atoms with Crippen LogP contribution in [0.2, 0.25) is 0 Å². The lowest BCUT2D eigenvalue weighted by Crippen LogP contribution is -2.37. The minimum absolute atomic E-state index is 0.535. The number of likely N-dealkylation sites (tertiary alicyclic amines) is 1. The standard InChI is InChI=1S/C14H28N3/c1-16-11-6-4-7-13(16)9-10-14-8-3-2-5-12-17(14)15/h13-15H,2-12H2,1H3/q+1. The molecule has 0 aromatic rings. The van der Waals surface area contributed by atoms with Gasteiger partial charge in [-0.15, -0.1) is 4.70 Å². The van der Waals surface area contributed by atoms with Crippen molar-refractivity contribution < 1.29 is 4.70 Å². The van der Waals surface area contributed by atoms with Gasteiger partial charge in [-0.1, -0.05) is 12.0 Å². The number of rotatable bonds is 3. The van der Waals surface area contributed by atoms with Gasteiger partial charge in [0.1, 0.15) is 0 Å². The highest BCUT2D eigenvalue weighted by molar-refractivity contribution is 4.75. The first-order valence-electron chi connectivity index (χ1n) is 7.45. The Morgan fingerprint density at radius 1 is 1.06 bits per heavy atom. The van der Waals surface area contributed by atoms with Crippen molar-refractivity contribution in [2.24, 2.45) is 0 Å². The Kier molecular flexibility index (Phi) is 4.96. The van der Waals surface area contributed by atoms with E-state index in [1.54, 1.807) is 0 Å². The summed E-state index contributed by atoms with van der Waals surface area (Å²) in [4.78, 5) is 2.54. The van der Waals surface area contributed by atoms with Gasteiger partial charge < -0.3 is 4.90 Å². The number of nitrogens with one attached hydrogen (secondary N) is 1. The predicted molar refractivity (Wildman–Crippen MR) is 69.6 cm³/mol. The molecule has 0 spiro atoms. The van der Waals surface area contributed by atoms with Crippen molar-refractivity contribution in [3.8, 4) is 0 Å². The summed E-state index contributed by atoms with van der Waals surface area (Å²) in [6, 6.07) is 1.33. The minimum Gasteiger partial charge on any atom is -0.303 e. The molecule has 2 aliphatic heterocycles. The first-order valence-corrected chi connectivity index (χ1v) is 7.45. The lowest BCUT2D eigenvalue weighted by molar-refractivity contribution is -0.647. The van der Waals surface area contributed by atoms with Gasteiger partial charge in [0.25, 0.3) is 0 Å². The molecule has 2 aliphatic rings. The van der Waals surface area contributed by atoms with E-state index >= 15 is 0 Å². The van der Waals surface area contributed by atoms with Gasteiger partial charge in [0.05, 0.1) is 0 Å². The quantitative estimate of drug-likeness (QED) is 0.752. The Labute approximate surface area is 106 Å². The van der Waals surface area contributed by atoms with Crippen LogP contribution in [0.3, 0.4) is 0 Å². The maximum atomic E-state index is 8.06. The third-order valence-electron chi connectivity index (χ3n) is 4.63. The van der Waals surface area contributed by atoms with Crippen LogP contribution in [0.5, 0.6) is 0 Å². The molecule has 17 heavy (non-hydrogen) atoms. The fourth-order valence-electron chi connectivity index (χ4n) is 3.37. The topological polar surface area (TPSA) is 30.1 Å². The molecule has 1 N–H and O–H groups in total. The van der Waals surface area contributed by atoms with Crippen LogP contribution in [0.15, 0.2) is 0 Å². The van der Waals surface area contributed by atoms with Crippen LogP contribution in [0.1, 0.15) is 57.8 Å². The van der Waals surface area contributed by atoms with E-state index in [1.165, 1.54) is 64.3 Å². The van der Waals surface area contributed by atoms with Gasteiger partial charge in [0.2, 0.25) is 0 Å². The normalized spacial score (nSPS) is 32.4. The highest BCUT2D eigenvalue weighted by Gasteiger charge is 2.26. The van der Waals surface area contributed by atoms with E-state index in [4.69, 9.17) is 5.53 Å². The summed E-state index contributed by atoms with van der Waals surface area (Å²) in [5, 5.41) is 0. The maximum absolute atomic E-state index is 8.06. The molecular weight excluding hydrogens is 210 g/mol. The predicted octanol–water partition coefficient (Wildman–Crippen LogP) is 3.24. The first kappa shape index (κ1) is 13.0. The van der Waals surface area contributed by atoms with Crippen molar-refractivity contribution in [3.63, 3.8) is 0 Å². The molecule has 2 unspecified atom stereocenters. The third kappa shape index (κ3) is 3.77. The second-order valence-electron chi connectivity index (χ2n) is 5.90. The fourth-order valence-corrected chi connectivity index (χ4v) is 3.37. The molecule has 2 heterocycles. The van der Waals surface area contributed by atoms with Gasteiger partial charge in [-0.25, -0.2) is 0 Å². The van der Waals surface area contributed by atoms with E-state index in [2.05, 4.69) is 11.9 Å². The first-order chi connectivity index (χ1) is 8.27. The molecule has 0 amide bonds. The summed E-state index contributed by atoms with van der Waals surface area (Å²) in [6.45, 7) is 2.27. The smallest absolute Gasteiger partial charge is 0.177 e. The Morgan fingerprint density at radius 3 is 2.71 bits per heavy atom. The van der Waals surface area contributed by atoms with E-state index in [0.29, 0.717) is 6.04 Å². The highest BCUT2D eigenvalue weighted by Crippen LogP contribution is 2.23. The van der Waals surface area contributed by atoms with Crippen molar-refractivity contribution in [3.05, 3.63) is 0 Å². The van der Waals surface area contributed by atoms with E-state index in [0.717, 1.165) is 12.6 Å². The summed E-state index contributed by atoms with van der Waals surface area (Å²) < 4.78 is 1.87. The zero-order valence-electron chi connectivity index (χ0n) is 11.3. The summed E-state index contributed by atoms with van der Waals surface area (Å²) >= 11 is 0. The minimum atomic E-state index is 0.535. The molecule has 2 saturated heterocycles. The number of piperidine rings is 1. The van der Waals surface area contributed by atoms with Gasteiger partial charge in [-0.2, -0.15) is 0 Å². The molecule has 0 bridgehead atoms. The average molecular weight is 238 g/mol. The van der Waals surface area contributed by atoms with Gasteiger partial charge >= 0.3 is 0 Å². The number of hydrogen-bond donors (Lipinski definition) is 1. The van der Waals surface area contributed by atoms with Gasteiger partial charge in [-0.05, 0) is 45.7 Å². The average Bonchev–Trinajstić information content (AvgIpc) is 2.53. The Hall–Kier alpha value is -0.440. The van der Waals surface area contributed by atoms with E-state index in [-0.39, 0.29) is 0 Å². The van der Waals surface area contributed by atoms with Crippen LogP contribution in [-0.4, -0.2) is 41.8 Å². The second kappa shape index (κ2) is 6.48. The molecule has 3 heteroatoms. The van der Waals surface area contributed by atoms with Gasteiger partial charge in [-0.3, -0.25) is 0 Å². The molecule has 0 aliphatic carbocycles. The van der Waals surface area contributed by atoms with Crippen LogP contribution in [0.4, 0.5) is 0 Å². The van der Waals surface area contributed by atoms with Crippen molar-refractivity contribution in [1.82, 2.24) is 4.90 Å². The van der Waals surface area contributed by atoms with Crippen LogP contribution < -0.4 is 0 Å². The second-order valence-corrected chi connectivity index (χ2v) is 5.90. The summed E-state index contributed by atoms with van der Waals surface area (Å²) in [7, 11) is 2.27. The van der Waals surface area contributed by atoms with Crippen molar-refractivity contribution in [2.45, 2.75) is 69.9 Å². The zero-order valence-corrected chi connectivity index (χ0v) is 11.3. The Morgan fingerprint density at radius 2 is 1.88 bits per heavy atom. The molecule has 0 aromatic carbocycles. The Balaban J connectivity index is 1.77. The molecule has 98 valence electrons. The van der Waals surface area contributed by atoms with Gasteiger partial charge in [0, 0.05) is 25.3 Å². The third-order valence-corrected chi connectivity index (χ3v) is 4.63. The largest absolute Gasteiger partial charge is 0.303 e. The lowest BCUT2D eigenvalue weighted by Gasteiger charge is -2.32. The fraction of sp³-hybridized carbons (Fsp3) is 1.00. The SMILES string of the molecule is CN1CCCCC1CCC1CCCCC[N+]1=N. The number of nitrogens with zero attached hydrogens (tertiary/aromatic N) is 2. The van der Waals surface area contributed by atoms with Crippen LogP contribution in [-0.2, 0) is 0 Å². The van der Waals surface area contributed by atoms with E-state index in [1.807, 2.05) is 4.70 Å². The molecular formula is C14H28N3+. The Bertz CT molecular complexity index is 252. The maximum Gasteiger partial charge on any atom is 0.177 e. The summed E-state index contributed by atoms with van der Waals surface area (Å²) in [5.41, 5.74) is 8.06. The van der Waals surface area contributed by atoms with Crippen molar-refractivity contribution >= 4 is 0 Å². The van der Waals surface area contributed by atoms with Gasteiger partial charge in [0.15, 0.2) is 12.6 Å². The summed E-state index contributed by atoms with van der Waals surface area (Å²) in [6.07, 6.45) is 11.8. The van der Waals surface area contributed by atoms with E-state index < -0.39 is 0 Å². The number of hydrogen-bond acceptors (Lipinski definition) is 2. The van der Waals surface area contributed by atoms with Crippen LogP contribution >= 0.6 is 0 Å². The monoisotopic (exact) mass is 238 g/mol. The molecule has 0 radical (unpaired) electrons. The molecule has 2 fully saturated rings. The van der Waals surface area contributed by atoms with Crippen LogP contribution in [0, 0.1) is 5.53 Å². The van der Waals surface area contributed by atoms with Crippen molar-refractivity contribution in [2.75, 3.05) is 20.1 Å². The molecule has 0 aromatic heterocycles. The lowest BCUT2D eigenvalue weighted by atomic mass is 9.95. The molecule has 2 rings (SSSR count). The van der Waals surface area contributed by atoms with Crippen LogP contribution in [0.25, 0.3) is 0 Å². The molecule has 2 atom stereocenters. The van der Waals surface area contributed by atoms with E-state index in [9.17, 15) is 0 Å². The highest BCUT2D eigenvalue weighted by atomic mass is 15.2. The molecule has 3 nitrogen and oxygen atoms in total.